The Morgan fingerprint density at radius 2 is 1.08 bits per heavy atom. The van der Waals surface area contributed by atoms with E-state index in [2.05, 4.69) is 217 Å². The van der Waals surface area contributed by atoms with Gasteiger partial charge in [0, 0.05) is 48.9 Å². The Morgan fingerprint density at radius 3 is 1.89 bits per heavy atom. The molecule has 14 rings (SSSR count). The summed E-state index contributed by atoms with van der Waals surface area (Å²) in [6.07, 6.45) is 4.17. The first-order valence-corrected chi connectivity index (χ1v) is 22.6. The van der Waals surface area contributed by atoms with Crippen molar-refractivity contribution in [1.82, 2.24) is 9.13 Å². The largest absolute Gasteiger partial charge is 0.456 e. The van der Waals surface area contributed by atoms with Gasteiger partial charge in [-0.1, -0.05) is 123 Å². The zero-order valence-corrected chi connectivity index (χ0v) is 35.7. The van der Waals surface area contributed by atoms with E-state index in [4.69, 9.17) is 4.42 Å². The molecule has 3 aromatic heterocycles. The van der Waals surface area contributed by atoms with E-state index in [-0.39, 0.29) is 5.41 Å². The average molecular weight is 819 g/mol. The minimum atomic E-state index is -0.0864. The maximum Gasteiger partial charge on any atom is 0.135 e. The molecule has 2 aliphatic rings. The van der Waals surface area contributed by atoms with Crippen molar-refractivity contribution in [2.75, 3.05) is 0 Å². The third-order valence-electron chi connectivity index (χ3n) is 14.6. The van der Waals surface area contributed by atoms with Crippen molar-refractivity contribution in [3.05, 3.63) is 215 Å². The van der Waals surface area contributed by atoms with Crippen LogP contribution in [-0.2, 0) is 5.41 Å². The molecule has 12 aromatic rings. The Morgan fingerprint density at radius 1 is 0.453 bits per heavy atom. The SMILES string of the molecule is CC1(C)c2ccccc2-c2cc3c4cc(-c5ccc6oc7c(c6c5)=C(c5ccc6c(c5)c5c8ccccc8ccc5n6-c5ccccc5)CCC=7)ccc4n(-c4ccccc4)c3cc21. The Kier molecular flexibility index (Phi) is 7.29. The van der Waals surface area contributed by atoms with E-state index in [1.807, 2.05) is 0 Å². The van der Waals surface area contributed by atoms with Crippen molar-refractivity contribution >= 4 is 77.0 Å². The van der Waals surface area contributed by atoms with Crippen LogP contribution in [0.1, 0.15) is 43.4 Å². The number of furan rings is 1. The Bertz CT molecular complexity index is 4080. The number of para-hydroxylation sites is 2. The second-order valence-electron chi connectivity index (χ2n) is 18.3. The smallest absolute Gasteiger partial charge is 0.135 e. The fourth-order valence-electron chi connectivity index (χ4n) is 11.6. The van der Waals surface area contributed by atoms with Gasteiger partial charge in [0.25, 0.3) is 0 Å². The summed E-state index contributed by atoms with van der Waals surface area (Å²) in [7, 11) is 0. The van der Waals surface area contributed by atoms with Crippen molar-refractivity contribution < 1.29 is 4.42 Å². The predicted molar refractivity (Wildman–Crippen MR) is 267 cm³/mol. The number of hydrogen-bond acceptors (Lipinski definition) is 1. The first-order chi connectivity index (χ1) is 31.5. The fourth-order valence-corrected chi connectivity index (χ4v) is 11.6. The Labute approximate surface area is 370 Å². The molecule has 0 aliphatic heterocycles. The van der Waals surface area contributed by atoms with Gasteiger partial charge in [-0.3, -0.25) is 0 Å². The molecule has 0 spiro atoms. The molecule has 9 aromatic carbocycles. The quantitative estimate of drug-likeness (QED) is 0.173. The zero-order valence-electron chi connectivity index (χ0n) is 35.7. The molecule has 0 atom stereocenters. The predicted octanol–water partition coefficient (Wildman–Crippen LogP) is 14.5. The molecule has 0 saturated carbocycles. The maximum absolute atomic E-state index is 6.69. The summed E-state index contributed by atoms with van der Waals surface area (Å²) in [5.74, 6) is 0. The van der Waals surface area contributed by atoms with E-state index in [9.17, 15) is 0 Å². The summed E-state index contributed by atoms with van der Waals surface area (Å²) in [5, 5.41) is 10.0. The first kappa shape index (κ1) is 35.7. The first-order valence-electron chi connectivity index (χ1n) is 22.6. The lowest BCUT2D eigenvalue weighted by Gasteiger charge is -2.21. The molecular formula is C61H42N2O. The van der Waals surface area contributed by atoms with Crippen LogP contribution in [0, 0.1) is 0 Å². The maximum atomic E-state index is 6.69. The van der Waals surface area contributed by atoms with E-state index in [1.165, 1.54) is 121 Å². The number of nitrogens with zero attached hydrogens (tertiary/aromatic N) is 2. The number of hydrogen-bond donors (Lipinski definition) is 0. The molecule has 0 radical (unpaired) electrons. The molecule has 0 N–H and O–H groups in total. The highest BCUT2D eigenvalue weighted by Crippen LogP contribution is 2.51. The van der Waals surface area contributed by atoms with Crippen LogP contribution in [0.3, 0.4) is 0 Å². The van der Waals surface area contributed by atoms with E-state index in [0.717, 1.165) is 23.8 Å². The second kappa shape index (κ2) is 13.1. The van der Waals surface area contributed by atoms with Crippen molar-refractivity contribution in [3.63, 3.8) is 0 Å². The highest BCUT2D eigenvalue weighted by atomic mass is 16.3. The lowest BCUT2D eigenvalue weighted by Crippen LogP contribution is -2.26. The molecule has 64 heavy (non-hydrogen) atoms. The van der Waals surface area contributed by atoms with Crippen molar-refractivity contribution in [2.45, 2.75) is 32.1 Å². The summed E-state index contributed by atoms with van der Waals surface area (Å²) in [6.45, 7) is 4.74. The van der Waals surface area contributed by atoms with Crippen LogP contribution in [0.15, 0.2) is 192 Å². The van der Waals surface area contributed by atoms with E-state index in [0.29, 0.717) is 0 Å². The van der Waals surface area contributed by atoms with Gasteiger partial charge in [-0.15, -0.1) is 0 Å². The molecule has 302 valence electrons. The van der Waals surface area contributed by atoms with Gasteiger partial charge in [-0.05, 0) is 153 Å². The van der Waals surface area contributed by atoms with Crippen LogP contribution >= 0.6 is 0 Å². The average Bonchev–Trinajstić information content (AvgIpc) is 4.06. The van der Waals surface area contributed by atoms with Crippen LogP contribution in [0.25, 0.3) is 111 Å². The minimum absolute atomic E-state index is 0.0864. The van der Waals surface area contributed by atoms with E-state index < -0.39 is 0 Å². The molecule has 2 aliphatic carbocycles. The van der Waals surface area contributed by atoms with Crippen LogP contribution in [0.4, 0.5) is 0 Å². The molecule has 0 bridgehead atoms. The standard InChI is InChI=1S/C61H42N2O/c1-61(2)51-22-12-11-20-45(51)46-35-48-47-32-38(25-28-53(47)63(56(48)36-52(46)61)42-17-7-4-8-18-42)39-27-31-57-50(33-39)60-44(21-13-23-58(60)64-57)40-26-29-54-49(34-40)59-43-19-10-9-14-37(43)24-30-55(59)62(54)41-15-5-3-6-16-41/h3-12,14-20,22-36H,13,21H2,1-2H3. The van der Waals surface area contributed by atoms with Crippen molar-refractivity contribution in [2.24, 2.45) is 0 Å². The zero-order chi connectivity index (χ0) is 42.3. The summed E-state index contributed by atoms with van der Waals surface area (Å²) < 4.78 is 11.6. The van der Waals surface area contributed by atoms with Crippen LogP contribution in [0.2, 0.25) is 0 Å². The van der Waals surface area contributed by atoms with Gasteiger partial charge in [-0.2, -0.15) is 0 Å². The van der Waals surface area contributed by atoms with Gasteiger partial charge in [0.15, 0.2) is 0 Å². The molecule has 0 amide bonds. The van der Waals surface area contributed by atoms with Crippen molar-refractivity contribution in [1.29, 1.82) is 0 Å². The molecular weight excluding hydrogens is 777 g/mol. The highest BCUT2D eigenvalue weighted by molar-refractivity contribution is 6.22. The molecule has 3 heterocycles. The summed E-state index contributed by atoms with van der Waals surface area (Å²) in [6, 6.07) is 69.8. The number of rotatable bonds is 4. The van der Waals surface area contributed by atoms with Crippen LogP contribution in [-0.4, -0.2) is 9.13 Å². The molecule has 3 heteroatoms. The topological polar surface area (TPSA) is 23.0 Å². The third kappa shape index (κ3) is 4.92. The van der Waals surface area contributed by atoms with Crippen LogP contribution in [0.5, 0.6) is 0 Å². The van der Waals surface area contributed by atoms with E-state index >= 15 is 0 Å². The van der Waals surface area contributed by atoms with Gasteiger partial charge >= 0.3 is 0 Å². The van der Waals surface area contributed by atoms with E-state index in [1.54, 1.807) is 0 Å². The lowest BCUT2D eigenvalue weighted by molar-refractivity contribution is 0.571. The van der Waals surface area contributed by atoms with Crippen molar-refractivity contribution in [3.8, 4) is 33.6 Å². The molecule has 0 unspecified atom stereocenters. The van der Waals surface area contributed by atoms with Gasteiger partial charge in [0.2, 0.25) is 0 Å². The van der Waals surface area contributed by atoms with Gasteiger partial charge in [0.05, 0.1) is 22.1 Å². The van der Waals surface area contributed by atoms with Crippen LogP contribution < -0.4 is 10.6 Å². The number of aromatic nitrogens is 2. The minimum Gasteiger partial charge on any atom is -0.456 e. The normalized spacial score (nSPS) is 14.2. The summed E-state index contributed by atoms with van der Waals surface area (Å²) in [5.41, 5.74) is 19.5. The summed E-state index contributed by atoms with van der Waals surface area (Å²) >= 11 is 0. The summed E-state index contributed by atoms with van der Waals surface area (Å²) in [4.78, 5) is 0. The monoisotopic (exact) mass is 818 g/mol. The molecule has 3 nitrogen and oxygen atoms in total. The Hall–Kier alpha value is -7.88. The third-order valence-corrected chi connectivity index (χ3v) is 14.6. The number of fused-ring (bicyclic) bond motifs is 14. The Balaban J connectivity index is 0.979. The van der Waals surface area contributed by atoms with Gasteiger partial charge in [-0.25, -0.2) is 0 Å². The van der Waals surface area contributed by atoms with Gasteiger partial charge in [0.1, 0.15) is 11.0 Å². The van der Waals surface area contributed by atoms with Gasteiger partial charge < -0.3 is 13.6 Å². The fraction of sp³-hybridized carbons (Fsp3) is 0.0820. The molecule has 0 fully saturated rings. The number of benzene rings is 9. The molecule has 0 saturated heterocycles. The second-order valence-corrected chi connectivity index (χ2v) is 18.3. The lowest BCUT2D eigenvalue weighted by atomic mass is 9.82. The highest BCUT2D eigenvalue weighted by Gasteiger charge is 2.36.